The molecule has 0 unspecified atom stereocenters. The number of hydrogen-bond acceptors (Lipinski definition) is 2. The van der Waals surface area contributed by atoms with E-state index >= 15 is 0 Å². The van der Waals surface area contributed by atoms with Crippen LogP contribution in [0, 0.1) is 0 Å². The van der Waals surface area contributed by atoms with Gasteiger partial charge in [0.05, 0.1) is 0 Å². The lowest BCUT2D eigenvalue weighted by Gasteiger charge is -2.04. The fraction of sp³-hybridized carbons (Fsp3) is 0.0769. The number of carbonyl (C=O) groups excluding carboxylic acids is 1. The number of halogens is 1. The number of rotatable bonds is 1. The van der Waals surface area contributed by atoms with Gasteiger partial charge in [0.25, 0.3) is 0 Å². The highest BCUT2D eigenvalue weighted by atomic mass is 35.5. The van der Waals surface area contributed by atoms with Crippen LogP contribution in [-0.4, -0.2) is 12.1 Å². The fourth-order valence-electron chi connectivity index (χ4n) is 1.91. The molecular weight excluding hydrogens is 236 g/mol. The summed E-state index contributed by atoms with van der Waals surface area (Å²) in [6.45, 7) is 0. The summed E-state index contributed by atoms with van der Waals surface area (Å²) >= 11 is 0. The number of fused-ring (bicyclic) bond motifs is 2. The molecule has 4 heteroatoms. The molecule has 1 aromatic rings. The zero-order valence-electron chi connectivity index (χ0n) is 9.01. The standard InChI is InChI=1S/C13H10N2O.ClH/c14-13(16)9-3-4-10-8(6-9)2-1-5-15-12-7-11(10)12;/h1-6H,7H2,(H2,14,16);1H. The van der Waals surface area contributed by atoms with E-state index in [-0.39, 0.29) is 12.4 Å². The summed E-state index contributed by atoms with van der Waals surface area (Å²) < 4.78 is 0. The van der Waals surface area contributed by atoms with Crippen LogP contribution in [-0.2, 0) is 0 Å². The predicted molar refractivity (Wildman–Crippen MR) is 71.3 cm³/mol. The van der Waals surface area contributed by atoms with E-state index in [4.69, 9.17) is 5.73 Å². The smallest absolute Gasteiger partial charge is 0.248 e. The van der Waals surface area contributed by atoms with Gasteiger partial charge in [-0.05, 0) is 34.9 Å². The van der Waals surface area contributed by atoms with Crippen molar-refractivity contribution >= 4 is 36.2 Å². The summed E-state index contributed by atoms with van der Waals surface area (Å²) in [4.78, 5) is 15.4. The number of aliphatic imine (C=N–C) groups is 1. The maximum Gasteiger partial charge on any atom is 0.248 e. The van der Waals surface area contributed by atoms with Crippen molar-refractivity contribution in [1.82, 2.24) is 0 Å². The monoisotopic (exact) mass is 246 g/mol. The summed E-state index contributed by atoms with van der Waals surface area (Å²) in [5.74, 6) is -0.392. The Morgan fingerprint density at radius 1 is 1.35 bits per heavy atom. The van der Waals surface area contributed by atoms with E-state index in [9.17, 15) is 4.79 Å². The normalized spacial score (nSPS) is 15.3. The van der Waals surface area contributed by atoms with Gasteiger partial charge in [-0.15, -0.1) is 12.4 Å². The van der Waals surface area contributed by atoms with Crippen molar-refractivity contribution in [1.29, 1.82) is 0 Å². The molecule has 0 radical (unpaired) electrons. The summed E-state index contributed by atoms with van der Waals surface area (Å²) in [7, 11) is 0. The van der Waals surface area contributed by atoms with E-state index in [0.29, 0.717) is 5.56 Å². The molecule has 1 amide bonds. The number of allylic oxidation sites excluding steroid dienone is 3. The van der Waals surface area contributed by atoms with Crippen LogP contribution in [0.15, 0.2) is 35.0 Å². The summed E-state index contributed by atoms with van der Waals surface area (Å²) in [5.41, 5.74) is 10.4. The Morgan fingerprint density at radius 3 is 2.94 bits per heavy atom. The molecule has 3 nitrogen and oxygen atoms in total. The number of nitrogens with zero attached hydrogens (tertiary/aromatic N) is 1. The lowest BCUT2D eigenvalue weighted by atomic mass is 10.0. The Kier molecular flexibility index (Phi) is 2.86. The van der Waals surface area contributed by atoms with Gasteiger partial charge in [-0.25, -0.2) is 0 Å². The average molecular weight is 247 g/mol. The molecular formula is C13H11ClN2O. The molecule has 1 aliphatic carbocycles. The van der Waals surface area contributed by atoms with Gasteiger partial charge in [-0.3, -0.25) is 9.79 Å². The highest BCUT2D eigenvalue weighted by Crippen LogP contribution is 2.43. The summed E-state index contributed by atoms with van der Waals surface area (Å²) in [6.07, 6.45) is 6.56. The molecule has 1 heterocycles. The topological polar surface area (TPSA) is 55.5 Å². The Morgan fingerprint density at radius 2 is 2.18 bits per heavy atom. The Balaban J connectivity index is 0.00000108. The molecule has 0 saturated heterocycles. The molecule has 86 valence electrons. The maximum absolute atomic E-state index is 11.1. The van der Waals surface area contributed by atoms with Crippen LogP contribution in [0.25, 0.3) is 11.6 Å². The van der Waals surface area contributed by atoms with E-state index in [0.717, 1.165) is 23.2 Å². The molecule has 0 spiro atoms. The van der Waals surface area contributed by atoms with E-state index in [1.54, 1.807) is 12.3 Å². The van der Waals surface area contributed by atoms with Crippen LogP contribution in [0.5, 0.6) is 0 Å². The Labute approximate surface area is 105 Å². The highest BCUT2D eigenvalue weighted by molar-refractivity contribution is 5.97. The fourth-order valence-corrected chi connectivity index (χ4v) is 1.91. The van der Waals surface area contributed by atoms with Gasteiger partial charge < -0.3 is 5.73 Å². The van der Waals surface area contributed by atoms with Crippen molar-refractivity contribution in [2.45, 2.75) is 6.42 Å². The van der Waals surface area contributed by atoms with Crippen LogP contribution in [0.2, 0.25) is 0 Å². The van der Waals surface area contributed by atoms with Gasteiger partial charge in [-0.1, -0.05) is 12.1 Å². The van der Waals surface area contributed by atoms with Gasteiger partial charge in [0.1, 0.15) is 0 Å². The molecule has 0 aromatic heterocycles. The maximum atomic E-state index is 11.1. The van der Waals surface area contributed by atoms with Crippen molar-refractivity contribution in [3.05, 3.63) is 46.7 Å². The second-order valence-electron chi connectivity index (χ2n) is 3.91. The third-order valence-corrected chi connectivity index (χ3v) is 2.82. The molecule has 0 saturated carbocycles. The van der Waals surface area contributed by atoms with Gasteiger partial charge in [0.2, 0.25) is 5.91 Å². The van der Waals surface area contributed by atoms with E-state index in [1.165, 1.54) is 5.57 Å². The molecule has 2 aliphatic rings. The number of benzene rings is 1. The van der Waals surface area contributed by atoms with Gasteiger partial charge in [0, 0.05) is 23.9 Å². The van der Waals surface area contributed by atoms with Crippen LogP contribution in [0.4, 0.5) is 0 Å². The average Bonchev–Trinajstić information content (AvgIpc) is 2.99. The highest BCUT2D eigenvalue weighted by Gasteiger charge is 2.24. The van der Waals surface area contributed by atoms with Crippen LogP contribution in [0.3, 0.4) is 0 Å². The minimum absolute atomic E-state index is 0. The van der Waals surface area contributed by atoms with Gasteiger partial charge in [0.15, 0.2) is 0 Å². The minimum Gasteiger partial charge on any atom is -0.366 e. The van der Waals surface area contributed by atoms with Gasteiger partial charge >= 0.3 is 0 Å². The summed E-state index contributed by atoms with van der Waals surface area (Å²) in [6, 6.07) is 5.54. The number of hydrogen-bond donors (Lipinski definition) is 1. The second-order valence-corrected chi connectivity index (χ2v) is 3.91. The van der Waals surface area contributed by atoms with E-state index in [1.807, 2.05) is 24.3 Å². The quantitative estimate of drug-likeness (QED) is 0.813. The third-order valence-electron chi connectivity index (χ3n) is 2.82. The SMILES string of the molecule is Cl.NC(=O)c1ccc2c(c1)C=CC=NC1=C2C1. The zero-order valence-corrected chi connectivity index (χ0v) is 9.83. The number of primary amides is 1. The van der Waals surface area contributed by atoms with Crippen molar-refractivity contribution in [2.75, 3.05) is 0 Å². The molecule has 3 rings (SSSR count). The van der Waals surface area contributed by atoms with Crippen LogP contribution >= 0.6 is 12.4 Å². The first-order chi connectivity index (χ1) is 7.75. The molecule has 0 atom stereocenters. The molecule has 0 bridgehead atoms. The van der Waals surface area contributed by atoms with Crippen molar-refractivity contribution < 1.29 is 4.79 Å². The minimum atomic E-state index is -0.392. The Bertz CT molecular complexity index is 585. The lowest BCUT2D eigenvalue weighted by molar-refractivity contribution is 0.100. The van der Waals surface area contributed by atoms with Crippen molar-refractivity contribution in [3.63, 3.8) is 0 Å². The number of amides is 1. The number of nitrogens with two attached hydrogens (primary N) is 1. The van der Waals surface area contributed by atoms with E-state index in [2.05, 4.69) is 4.99 Å². The van der Waals surface area contributed by atoms with Crippen molar-refractivity contribution in [3.8, 4) is 0 Å². The molecule has 1 aromatic carbocycles. The molecule has 1 aliphatic heterocycles. The lowest BCUT2D eigenvalue weighted by Crippen LogP contribution is -2.11. The predicted octanol–water partition coefficient (Wildman–Crippen LogP) is 2.42. The number of carbonyl (C=O) groups is 1. The van der Waals surface area contributed by atoms with E-state index < -0.39 is 5.91 Å². The molecule has 2 N–H and O–H groups in total. The molecule has 0 fully saturated rings. The third kappa shape index (κ3) is 2.01. The van der Waals surface area contributed by atoms with Crippen LogP contribution in [0.1, 0.15) is 27.9 Å². The van der Waals surface area contributed by atoms with Gasteiger partial charge in [-0.2, -0.15) is 0 Å². The van der Waals surface area contributed by atoms with Crippen molar-refractivity contribution in [2.24, 2.45) is 10.7 Å². The summed E-state index contributed by atoms with van der Waals surface area (Å²) in [5, 5.41) is 0. The first-order valence-corrected chi connectivity index (χ1v) is 5.13. The zero-order chi connectivity index (χ0) is 11.1. The second kappa shape index (κ2) is 4.18. The Hall–Kier alpha value is -1.87. The molecule has 17 heavy (non-hydrogen) atoms. The van der Waals surface area contributed by atoms with Crippen LogP contribution < -0.4 is 5.73 Å². The largest absolute Gasteiger partial charge is 0.366 e. The first kappa shape index (κ1) is 11.6. The first-order valence-electron chi connectivity index (χ1n) is 5.13.